The fourth-order valence-corrected chi connectivity index (χ4v) is 6.07. The smallest absolute Gasteiger partial charge is 0.255 e. The molecule has 2 aliphatic heterocycles. The number of amides is 1. The lowest BCUT2D eigenvalue weighted by Gasteiger charge is -2.39. The molecule has 7 heteroatoms. The first kappa shape index (κ1) is 26.3. The van der Waals surface area contributed by atoms with Crippen LogP contribution >= 0.6 is 0 Å². The fraction of sp³-hybridized carbons (Fsp3) is 0.556. The molecule has 34 heavy (non-hydrogen) atoms. The van der Waals surface area contributed by atoms with Crippen LogP contribution in [0.3, 0.4) is 0 Å². The largest absolute Gasteiger partial charge is 0.598 e. The summed E-state index contributed by atoms with van der Waals surface area (Å²) in [5.74, 6) is 1.07. The van der Waals surface area contributed by atoms with E-state index in [9.17, 15) is 14.6 Å². The number of piperazine rings is 1. The van der Waals surface area contributed by atoms with E-state index in [0.717, 1.165) is 44.5 Å². The molecule has 2 unspecified atom stereocenters. The molecular weight excluding hydrogens is 444 g/mol. The number of hydrogen-bond donors (Lipinski definition) is 0. The second-order valence-electron chi connectivity index (χ2n) is 9.29. The van der Waals surface area contributed by atoms with E-state index in [-0.39, 0.29) is 5.91 Å². The molecule has 0 saturated carbocycles. The third-order valence-electron chi connectivity index (χ3n) is 6.78. The van der Waals surface area contributed by atoms with E-state index in [4.69, 9.17) is 0 Å². The van der Waals surface area contributed by atoms with Gasteiger partial charge in [-0.15, -0.1) is 4.31 Å². The van der Waals surface area contributed by atoms with Crippen molar-refractivity contribution < 1.29 is 9.35 Å². The van der Waals surface area contributed by atoms with Crippen molar-refractivity contribution in [3.63, 3.8) is 0 Å². The van der Waals surface area contributed by atoms with Gasteiger partial charge in [0.1, 0.15) is 5.75 Å². The molecule has 2 heterocycles. The molecule has 1 aromatic carbocycles. The van der Waals surface area contributed by atoms with Crippen LogP contribution in [0.1, 0.15) is 68.4 Å². The maximum Gasteiger partial charge on any atom is 0.255 e. The molecule has 0 aliphatic carbocycles. The van der Waals surface area contributed by atoms with E-state index >= 15 is 0 Å². The van der Waals surface area contributed by atoms with Gasteiger partial charge in [0.25, 0.3) is 5.91 Å². The first-order valence-electron chi connectivity index (χ1n) is 12.4. The monoisotopic (exact) mass is 482 g/mol. The third-order valence-corrected chi connectivity index (χ3v) is 8.30. The van der Waals surface area contributed by atoms with Gasteiger partial charge >= 0.3 is 0 Å². The van der Waals surface area contributed by atoms with E-state index in [0.29, 0.717) is 42.4 Å². The normalized spacial score (nSPS) is 21.0. The van der Waals surface area contributed by atoms with Crippen LogP contribution in [0.25, 0.3) is 0 Å². The number of carbonyl (C=O) groups excluding carboxylic acids is 1. The molecule has 3 rings (SSSR count). The summed E-state index contributed by atoms with van der Waals surface area (Å²) in [5.41, 5.74) is 4.55. The number of carbonyl (C=O) groups is 1. The fourth-order valence-electron chi connectivity index (χ4n) is 4.81. The van der Waals surface area contributed by atoms with Crippen LogP contribution in [0.15, 0.2) is 41.6 Å². The lowest BCUT2D eigenvalue weighted by atomic mass is 9.96. The van der Waals surface area contributed by atoms with Crippen LogP contribution in [0, 0.1) is 17.2 Å². The average Bonchev–Trinajstić information content (AvgIpc) is 3.25. The minimum absolute atomic E-state index is 0.0775. The molecule has 0 bridgehead atoms. The van der Waals surface area contributed by atoms with Gasteiger partial charge in [-0.05, 0) is 50.3 Å². The number of nitrogens with zero attached hydrogens (tertiary/aromatic N) is 4. The Morgan fingerprint density at radius 1 is 1.24 bits per heavy atom. The van der Waals surface area contributed by atoms with Crippen LogP contribution in [-0.4, -0.2) is 63.0 Å². The van der Waals surface area contributed by atoms with Gasteiger partial charge in [-0.25, -0.2) is 0 Å². The summed E-state index contributed by atoms with van der Waals surface area (Å²) in [6, 6.07) is 7.66. The zero-order valence-corrected chi connectivity index (χ0v) is 21.9. The Morgan fingerprint density at radius 3 is 2.53 bits per heavy atom. The predicted molar refractivity (Wildman–Crippen MR) is 138 cm³/mol. The molecule has 2 saturated heterocycles. The quantitative estimate of drug-likeness (QED) is 0.404. The van der Waals surface area contributed by atoms with Crippen LogP contribution in [0.5, 0.6) is 0 Å². The molecule has 2 fully saturated rings. The minimum atomic E-state index is -0.942. The van der Waals surface area contributed by atoms with E-state index in [1.165, 1.54) is 11.3 Å². The highest BCUT2D eigenvalue weighted by atomic mass is 32.2. The van der Waals surface area contributed by atoms with Gasteiger partial charge in [-0.2, -0.15) is 5.26 Å². The number of rotatable bonds is 8. The van der Waals surface area contributed by atoms with Crippen molar-refractivity contribution in [1.29, 1.82) is 5.26 Å². The molecule has 1 amide bonds. The van der Waals surface area contributed by atoms with Gasteiger partial charge in [0.05, 0.1) is 23.7 Å². The molecule has 2 atom stereocenters. The zero-order chi connectivity index (χ0) is 24.7. The van der Waals surface area contributed by atoms with Crippen molar-refractivity contribution >= 4 is 17.3 Å². The molecule has 0 aromatic heterocycles. The average molecular weight is 483 g/mol. The highest BCUT2D eigenvalue weighted by Gasteiger charge is 2.28. The van der Waals surface area contributed by atoms with Crippen molar-refractivity contribution in [2.75, 3.05) is 38.5 Å². The van der Waals surface area contributed by atoms with E-state index in [1.54, 1.807) is 12.1 Å². The molecule has 1 aromatic rings. The SMILES string of the molecule is C/C=C(/C)CC(C)/C(=C/CC)N1CCN(C(=O)c2ccc(CN3CCC[S+]3[O-])cc2C#N)CC1. The topological polar surface area (TPSA) is 73.6 Å². The summed E-state index contributed by atoms with van der Waals surface area (Å²) in [4.78, 5) is 17.6. The van der Waals surface area contributed by atoms with Gasteiger partial charge in [0.15, 0.2) is 0 Å². The number of benzene rings is 1. The Bertz CT molecular complexity index is 960. The molecule has 184 valence electrons. The molecular formula is C27H38N4O2S. The molecule has 0 N–H and O–H groups in total. The summed E-state index contributed by atoms with van der Waals surface area (Å²) in [6.07, 6.45) is 7.48. The predicted octanol–water partition coefficient (Wildman–Crippen LogP) is 4.47. The van der Waals surface area contributed by atoms with Gasteiger partial charge < -0.3 is 14.4 Å². The summed E-state index contributed by atoms with van der Waals surface area (Å²) < 4.78 is 14.0. The lowest BCUT2D eigenvalue weighted by Crippen LogP contribution is -2.49. The van der Waals surface area contributed by atoms with E-state index in [2.05, 4.69) is 50.8 Å². The Labute approximate surface area is 208 Å². The Balaban J connectivity index is 1.65. The van der Waals surface area contributed by atoms with E-state index < -0.39 is 11.4 Å². The summed E-state index contributed by atoms with van der Waals surface area (Å²) in [5, 5.41) is 9.72. The number of hydrogen-bond acceptors (Lipinski definition) is 5. The van der Waals surface area contributed by atoms with Crippen molar-refractivity contribution in [2.24, 2.45) is 5.92 Å². The van der Waals surface area contributed by atoms with Crippen LogP contribution in [0.2, 0.25) is 0 Å². The highest BCUT2D eigenvalue weighted by molar-refractivity contribution is 7.89. The van der Waals surface area contributed by atoms with Crippen molar-refractivity contribution in [2.45, 2.75) is 53.5 Å². The molecule has 2 aliphatic rings. The molecule has 0 radical (unpaired) electrons. The van der Waals surface area contributed by atoms with Gasteiger partial charge in [-0.1, -0.05) is 37.6 Å². The third kappa shape index (κ3) is 6.44. The Kier molecular flexibility index (Phi) is 9.63. The lowest BCUT2D eigenvalue weighted by molar-refractivity contribution is 0.0660. The van der Waals surface area contributed by atoms with Gasteiger partial charge in [0, 0.05) is 56.2 Å². The van der Waals surface area contributed by atoms with Crippen molar-refractivity contribution in [3.8, 4) is 6.07 Å². The highest BCUT2D eigenvalue weighted by Crippen LogP contribution is 2.26. The zero-order valence-electron chi connectivity index (χ0n) is 21.0. The minimum Gasteiger partial charge on any atom is -0.598 e. The second-order valence-corrected chi connectivity index (χ2v) is 10.9. The Morgan fingerprint density at radius 2 is 1.94 bits per heavy atom. The number of allylic oxidation sites excluding steroid dienone is 4. The Hall–Kier alpha value is -2.27. The van der Waals surface area contributed by atoms with Crippen molar-refractivity contribution in [1.82, 2.24) is 14.1 Å². The van der Waals surface area contributed by atoms with Crippen LogP contribution < -0.4 is 0 Å². The first-order chi connectivity index (χ1) is 16.4. The van der Waals surface area contributed by atoms with Crippen molar-refractivity contribution in [3.05, 3.63) is 58.3 Å². The summed E-state index contributed by atoms with van der Waals surface area (Å²) in [7, 11) is 0. The summed E-state index contributed by atoms with van der Waals surface area (Å²) >= 11 is -0.942. The maximum atomic E-state index is 13.3. The van der Waals surface area contributed by atoms with Gasteiger partial charge in [-0.3, -0.25) is 4.79 Å². The summed E-state index contributed by atoms with van der Waals surface area (Å²) in [6.45, 7) is 13.0. The van der Waals surface area contributed by atoms with E-state index in [1.807, 2.05) is 15.3 Å². The van der Waals surface area contributed by atoms with Gasteiger partial charge in [0.2, 0.25) is 0 Å². The number of nitriles is 1. The van der Waals surface area contributed by atoms with Crippen LogP contribution in [-0.2, 0) is 17.9 Å². The second kappa shape index (κ2) is 12.4. The molecule has 0 spiro atoms. The first-order valence-corrected chi connectivity index (χ1v) is 13.7. The van der Waals surface area contributed by atoms with Crippen LogP contribution in [0.4, 0.5) is 0 Å². The molecule has 6 nitrogen and oxygen atoms in total. The maximum absolute atomic E-state index is 13.3. The standard InChI is InChI=1S/C27H38N4O2S/c1-5-8-26(22(4)17-21(3)6-2)29-12-14-30(15-13-29)27(32)25-10-9-23(18-24(25)19-28)20-31-11-7-16-34(31)33/h6,8-10,18,22H,5,7,11-17,20H2,1-4H3/b21-6-,26-8-.